The number of aryl methyl sites for hydroxylation is 1. The van der Waals surface area contributed by atoms with E-state index in [1.165, 1.54) is 11.8 Å². The number of hydrogen-bond donors (Lipinski definition) is 1. The summed E-state index contributed by atoms with van der Waals surface area (Å²) in [7, 11) is 2.02. The Balaban J connectivity index is 1.67. The van der Waals surface area contributed by atoms with Crippen LogP contribution in [0.1, 0.15) is 32.2 Å². The Hall–Kier alpha value is -2.28. The highest BCUT2D eigenvalue weighted by molar-refractivity contribution is 8.18. The Morgan fingerprint density at radius 2 is 1.87 bits per heavy atom. The van der Waals surface area contributed by atoms with Crippen LogP contribution in [0.15, 0.2) is 46.3 Å². The molecule has 1 aliphatic rings. The van der Waals surface area contributed by atoms with Crippen molar-refractivity contribution >= 4 is 68.8 Å². The highest BCUT2D eigenvalue weighted by atomic mass is 35.5. The minimum absolute atomic E-state index is 0.0566. The predicted molar refractivity (Wildman–Crippen MR) is 127 cm³/mol. The van der Waals surface area contributed by atoms with Crippen molar-refractivity contribution in [1.82, 2.24) is 14.9 Å². The van der Waals surface area contributed by atoms with E-state index >= 15 is 0 Å². The molecule has 0 bridgehead atoms. The molecule has 0 aliphatic carbocycles. The summed E-state index contributed by atoms with van der Waals surface area (Å²) in [6.45, 7) is 6.42. The molecule has 0 radical (unpaired) electrons. The molecular weight excluding hydrogens is 439 g/mol. The van der Waals surface area contributed by atoms with Crippen LogP contribution < -0.4 is 5.32 Å². The lowest BCUT2D eigenvalue weighted by molar-refractivity contribution is -0.115. The number of amidine groups is 1. The first-order valence-corrected chi connectivity index (χ1v) is 10.9. The highest BCUT2D eigenvalue weighted by Crippen LogP contribution is 2.36. The minimum atomic E-state index is -0.206. The van der Waals surface area contributed by atoms with Gasteiger partial charge < -0.3 is 9.88 Å². The third kappa shape index (κ3) is 4.00. The number of para-hydroxylation sites is 1. The number of rotatable bonds is 2. The molecule has 0 spiro atoms. The van der Waals surface area contributed by atoms with Crippen molar-refractivity contribution in [2.24, 2.45) is 12.0 Å². The van der Waals surface area contributed by atoms with Gasteiger partial charge in [0.15, 0.2) is 5.17 Å². The number of carbonyl (C=O) groups is 1. The fraction of sp³-hybridized carbons (Fsp3) is 0.227. The number of nitrogens with one attached hydrogen (secondary N) is 1. The third-order valence-corrected chi connectivity index (χ3v) is 6.20. The van der Waals surface area contributed by atoms with E-state index in [4.69, 9.17) is 28.2 Å². The van der Waals surface area contributed by atoms with Crippen molar-refractivity contribution in [2.45, 2.75) is 26.2 Å². The summed E-state index contributed by atoms with van der Waals surface area (Å²) in [6, 6.07) is 11.1. The highest BCUT2D eigenvalue weighted by Gasteiger charge is 2.25. The van der Waals surface area contributed by atoms with E-state index < -0.39 is 0 Å². The Kier molecular flexibility index (Phi) is 5.43. The summed E-state index contributed by atoms with van der Waals surface area (Å²) in [5.74, 6) is 0.809. The minimum Gasteiger partial charge on any atom is -0.331 e. The predicted octanol–water partition coefficient (Wildman–Crippen LogP) is 6.07. The number of benzene rings is 2. The van der Waals surface area contributed by atoms with Crippen LogP contribution in [-0.2, 0) is 17.3 Å². The van der Waals surface area contributed by atoms with Gasteiger partial charge in [0.1, 0.15) is 11.5 Å². The smallest absolute Gasteiger partial charge is 0.264 e. The zero-order chi connectivity index (χ0) is 21.6. The van der Waals surface area contributed by atoms with Gasteiger partial charge in [0.2, 0.25) is 0 Å². The molecule has 1 saturated heterocycles. The number of halogens is 2. The Bertz CT molecular complexity index is 1220. The molecule has 5 nitrogen and oxygen atoms in total. The number of aromatic nitrogens is 2. The number of carbonyl (C=O) groups excluding carboxylic acids is 1. The number of fused-ring (bicyclic) bond motifs is 1. The molecule has 1 fully saturated rings. The van der Waals surface area contributed by atoms with E-state index in [0.29, 0.717) is 25.8 Å². The van der Waals surface area contributed by atoms with E-state index in [9.17, 15) is 4.79 Å². The van der Waals surface area contributed by atoms with Gasteiger partial charge in [-0.3, -0.25) is 4.79 Å². The monoisotopic (exact) mass is 458 g/mol. The molecule has 2 heterocycles. The summed E-state index contributed by atoms with van der Waals surface area (Å²) in [5, 5.41) is 4.07. The summed E-state index contributed by atoms with van der Waals surface area (Å²) >= 11 is 13.6. The van der Waals surface area contributed by atoms with Gasteiger partial charge >= 0.3 is 0 Å². The molecule has 1 amide bonds. The van der Waals surface area contributed by atoms with E-state index in [2.05, 4.69) is 35.6 Å². The van der Waals surface area contributed by atoms with Gasteiger partial charge in [-0.25, -0.2) is 9.98 Å². The maximum atomic E-state index is 12.5. The zero-order valence-corrected chi connectivity index (χ0v) is 19.3. The second-order valence-electron chi connectivity index (χ2n) is 8.04. The van der Waals surface area contributed by atoms with E-state index in [0.717, 1.165) is 22.4 Å². The first-order chi connectivity index (χ1) is 14.1. The number of imidazole rings is 1. The maximum absolute atomic E-state index is 12.5. The first-order valence-electron chi connectivity index (χ1n) is 9.34. The Labute approximate surface area is 189 Å². The van der Waals surface area contributed by atoms with Crippen LogP contribution in [0.4, 0.5) is 5.69 Å². The van der Waals surface area contributed by atoms with Crippen molar-refractivity contribution in [3.8, 4) is 0 Å². The zero-order valence-electron chi connectivity index (χ0n) is 17.0. The number of nitrogens with zero attached hydrogens (tertiary/aromatic N) is 3. The van der Waals surface area contributed by atoms with Gasteiger partial charge in [-0.2, -0.15) is 0 Å². The molecule has 1 aliphatic heterocycles. The van der Waals surface area contributed by atoms with Crippen LogP contribution in [0.25, 0.3) is 17.1 Å². The fourth-order valence-electron chi connectivity index (χ4n) is 3.30. The average molecular weight is 459 g/mol. The average Bonchev–Trinajstić information content (AvgIpc) is 3.18. The SMILES string of the molecule is Cn1c(C(C)(C)C)nc2ccc(/C=C3/SC(=Nc4c(Cl)cccc4Cl)NC3=O)cc21. The van der Waals surface area contributed by atoms with Crippen LogP contribution in [0.5, 0.6) is 0 Å². The van der Waals surface area contributed by atoms with Crippen LogP contribution >= 0.6 is 35.0 Å². The molecule has 0 unspecified atom stereocenters. The van der Waals surface area contributed by atoms with Crippen LogP contribution in [0, 0.1) is 0 Å². The van der Waals surface area contributed by atoms with Crippen molar-refractivity contribution in [2.75, 3.05) is 0 Å². The molecule has 4 rings (SSSR count). The second kappa shape index (κ2) is 7.76. The lowest BCUT2D eigenvalue weighted by Gasteiger charge is -2.17. The molecular formula is C22H20Cl2N4OS. The van der Waals surface area contributed by atoms with E-state index in [1.807, 2.05) is 31.3 Å². The molecule has 3 aromatic rings. The summed E-state index contributed by atoms with van der Waals surface area (Å²) in [4.78, 5) is 22.2. The summed E-state index contributed by atoms with van der Waals surface area (Å²) < 4.78 is 2.10. The number of hydrogen-bond acceptors (Lipinski definition) is 4. The number of thioether (sulfide) groups is 1. The van der Waals surface area contributed by atoms with Crippen molar-refractivity contribution in [3.63, 3.8) is 0 Å². The largest absolute Gasteiger partial charge is 0.331 e. The standard InChI is InChI=1S/C22H20Cl2N4OS/c1-22(2,3)20-25-15-9-8-12(10-16(15)28(20)4)11-17-19(29)27-21(30-17)26-18-13(23)6-5-7-14(18)24/h5-11H,1-4H3,(H,26,27,29)/b17-11+. The maximum Gasteiger partial charge on any atom is 0.264 e. The molecule has 0 atom stereocenters. The van der Waals surface area contributed by atoms with Crippen molar-refractivity contribution in [1.29, 1.82) is 0 Å². The van der Waals surface area contributed by atoms with Gasteiger partial charge in [-0.1, -0.05) is 56.1 Å². The molecule has 1 N–H and O–H groups in total. The third-order valence-electron chi connectivity index (χ3n) is 4.68. The molecule has 0 saturated carbocycles. The Morgan fingerprint density at radius 1 is 1.17 bits per heavy atom. The molecule has 1 aromatic heterocycles. The van der Waals surface area contributed by atoms with Gasteiger partial charge in [-0.05, 0) is 47.7 Å². The molecule has 8 heteroatoms. The van der Waals surface area contributed by atoms with Crippen molar-refractivity contribution in [3.05, 3.63) is 62.7 Å². The quantitative estimate of drug-likeness (QED) is 0.474. The molecule has 2 aromatic carbocycles. The lowest BCUT2D eigenvalue weighted by atomic mass is 9.96. The van der Waals surface area contributed by atoms with Gasteiger partial charge in [0, 0.05) is 12.5 Å². The normalized spacial score (nSPS) is 17.3. The summed E-state index contributed by atoms with van der Waals surface area (Å²) in [6.07, 6.45) is 1.85. The number of aliphatic imine (C=N–C) groups is 1. The van der Waals surface area contributed by atoms with Gasteiger partial charge in [0.25, 0.3) is 5.91 Å². The summed E-state index contributed by atoms with van der Waals surface area (Å²) in [5.41, 5.74) is 3.26. The van der Waals surface area contributed by atoms with E-state index in [1.54, 1.807) is 18.2 Å². The first kappa shape index (κ1) is 21.0. The molecule has 154 valence electrons. The fourth-order valence-corrected chi connectivity index (χ4v) is 4.61. The van der Waals surface area contributed by atoms with E-state index in [-0.39, 0.29) is 11.3 Å². The van der Waals surface area contributed by atoms with Crippen molar-refractivity contribution < 1.29 is 4.79 Å². The topological polar surface area (TPSA) is 59.3 Å². The lowest BCUT2D eigenvalue weighted by Crippen LogP contribution is -2.19. The van der Waals surface area contributed by atoms with Gasteiger partial charge in [-0.15, -0.1) is 0 Å². The van der Waals surface area contributed by atoms with Crippen LogP contribution in [0.3, 0.4) is 0 Å². The number of amides is 1. The van der Waals surface area contributed by atoms with Crippen LogP contribution in [0.2, 0.25) is 10.0 Å². The Morgan fingerprint density at radius 3 is 2.53 bits per heavy atom. The molecule has 30 heavy (non-hydrogen) atoms. The van der Waals surface area contributed by atoms with Crippen LogP contribution in [-0.4, -0.2) is 20.6 Å². The van der Waals surface area contributed by atoms with Gasteiger partial charge in [0.05, 0.1) is 26.0 Å². The second-order valence-corrected chi connectivity index (χ2v) is 9.89.